The third kappa shape index (κ3) is 2.65. The average Bonchev–Trinajstić information content (AvgIpc) is 2.62. The average molecular weight is 293 g/mol. The van der Waals surface area contributed by atoms with Gasteiger partial charge < -0.3 is 5.11 Å². The first-order valence-corrected chi connectivity index (χ1v) is 5.56. The number of carbonyl (C=O) groups is 1. The highest BCUT2D eigenvalue weighted by atomic mass is 19.4. The molecular weight excluding hydrogens is 280 g/mol. The quantitative estimate of drug-likeness (QED) is 0.813. The SMILES string of the molecule is CCC(C(=O)O)N1CCC(C(F)(F)F)(C(F)(F)F)C1. The Hall–Kier alpha value is -0.990. The molecule has 1 heterocycles. The molecule has 1 fully saturated rings. The zero-order valence-electron chi connectivity index (χ0n) is 9.98. The molecule has 0 bridgehead atoms. The van der Waals surface area contributed by atoms with Crippen molar-refractivity contribution in [1.29, 1.82) is 0 Å². The lowest BCUT2D eigenvalue weighted by molar-refractivity contribution is -0.335. The maximum absolute atomic E-state index is 12.8. The molecule has 1 aliphatic rings. The molecule has 1 aliphatic heterocycles. The summed E-state index contributed by atoms with van der Waals surface area (Å²) < 4.78 is 76.6. The van der Waals surface area contributed by atoms with Gasteiger partial charge in [0, 0.05) is 13.1 Å². The fourth-order valence-corrected chi connectivity index (χ4v) is 2.32. The maximum atomic E-state index is 12.8. The third-order valence-electron chi connectivity index (χ3n) is 3.50. The number of hydrogen-bond acceptors (Lipinski definition) is 2. The van der Waals surface area contributed by atoms with Gasteiger partial charge in [-0.1, -0.05) is 6.92 Å². The van der Waals surface area contributed by atoms with Gasteiger partial charge in [0.05, 0.1) is 0 Å². The van der Waals surface area contributed by atoms with Gasteiger partial charge in [-0.15, -0.1) is 0 Å². The summed E-state index contributed by atoms with van der Waals surface area (Å²) in [6.07, 6.45) is -12.1. The van der Waals surface area contributed by atoms with Crippen LogP contribution in [-0.4, -0.2) is 47.5 Å². The van der Waals surface area contributed by atoms with Crippen molar-refractivity contribution in [3.8, 4) is 0 Å². The zero-order valence-corrected chi connectivity index (χ0v) is 9.98. The molecule has 0 spiro atoms. The Balaban J connectivity index is 3.06. The molecule has 0 amide bonds. The molecule has 0 radical (unpaired) electrons. The van der Waals surface area contributed by atoms with Gasteiger partial charge in [0.25, 0.3) is 0 Å². The number of alkyl halides is 6. The Labute approximate surface area is 105 Å². The van der Waals surface area contributed by atoms with E-state index in [1.807, 2.05) is 0 Å². The summed E-state index contributed by atoms with van der Waals surface area (Å²) in [6.45, 7) is -0.491. The molecule has 1 N–H and O–H groups in total. The Morgan fingerprint density at radius 1 is 1.26 bits per heavy atom. The molecule has 0 aliphatic carbocycles. The van der Waals surface area contributed by atoms with Crippen LogP contribution < -0.4 is 0 Å². The molecule has 19 heavy (non-hydrogen) atoms. The van der Waals surface area contributed by atoms with Gasteiger partial charge in [-0.3, -0.25) is 9.69 Å². The summed E-state index contributed by atoms with van der Waals surface area (Å²) in [5.41, 5.74) is -3.83. The van der Waals surface area contributed by atoms with Crippen LogP contribution in [0, 0.1) is 5.41 Å². The Kier molecular flexibility index (Phi) is 4.09. The summed E-state index contributed by atoms with van der Waals surface area (Å²) in [6, 6.07) is -1.33. The normalized spacial score (nSPS) is 22.5. The van der Waals surface area contributed by atoms with Gasteiger partial charge in [0.15, 0.2) is 5.41 Å². The number of aliphatic carboxylic acids is 1. The zero-order chi connectivity index (χ0) is 15.1. The molecule has 0 saturated carbocycles. The minimum absolute atomic E-state index is 0.0544. The number of carboxylic acid groups (broad SMARTS) is 1. The fraction of sp³-hybridized carbons (Fsp3) is 0.900. The Morgan fingerprint density at radius 2 is 1.74 bits per heavy atom. The third-order valence-corrected chi connectivity index (χ3v) is 3.50. The highest BCUT2D eigenvalue weighted by Crippen LogP contribution is 2.55. The second-order valence-corrected chi connectivity index (χ2v) is 4.56. The van der Waals surface area contributed by atoms with Crippen LogP contribution >= 0.6 is 0 Å². The number of halogens is 6. The number of rotatable bonds is 3. The monoisotopic (exact) mass is 293 g/mol. The number of hydrogen-bond donors (Lipinski definition) is 1. The predicted molar refractivity (Wildman–Crippen MR) is 52.4 cm³/mol. The minimum Gasteiger partial charge on any atom is -0.480 e. The van der Waals surface area contributed by atoms with E-state index in [1.54, 1.807) is 0 Å². The van der Waals surface area contributed by atoms with E-state index in [2.05, 4.69) is 0 Å². The largest absolute Gasteiger partial charge is 0.480 e. The summed E-state index contributed by atoms with van der Waals surface area (Å²) >= 11 is 0. The van der Waals surface area contributed by atoms with Crippen molar-refractivity contribution < 1.29 is 36.2 Å². The first kappa shape index (κ1) is 16.1. The van der Waals surface area contributed by atoms with Crippen LogP contribution in [0.4, 0.5) is 26.3 Å². The maximum Gasteiger partial charge on any atom is 0.404 e. The van der Waals surface area contributed by atoms with Gasteiger partial charge in [0.1, 0.15) is 6.04 Å². The van der Waals surface area contributed by atoms with Crippen molar-refractivity contribution >= 4 is 5.97 Å². The van der Waals surface area contributed by atoms with Crippen molar-refractivity contribution in [2.75, 3.05) is 13.1 Å². The van der Waals surface area contributed by atoms with Crippen molar-refractivity contribution in [3.63, 3.8) is 0 Å². The van der Waals surface area contributed by atoms with Gasteiger partial charge in [0.2, 0.25) is 0 Å². The predicted octanol–water partition coefficient (Wildman–Crippen LogP) is 2.67. The summed E-state index contributed by atoms with van der Waals surface area (Å²) in [4.78, 5) is 11.6. The lowest BCUT2D eigenvalue weighted by Gasteiger charge is -2.34. The number of likely N-dealkylation sites (tertiary alicyclic amines) is 1. The number of carboxylic acids is 1. The van der Waals surface area contributed by atoms with Crippen LogP contribution in [0.1, 0.15) is 19.8 Å². The summed E-state index contributed by atoms with van der Waals surface area (Å²) in [7, 11) is 0. The van der Waals surface area contributed by atoms with Crippen molar-refractivity contribution in [2.45, 2.75) is 38.2 Å². The Bertz CT molecular complexity index is 337. The standard InChI is InChI=1S/C10H13F6NO2/c1-2-6(7(18)19)17-4-3-8(5-17,9(11,12)13)10(14,15)16/h6H,2-5H2,1H3,(H,18,19). The molecular formula is C10H13F6NO2. The Morgan fingerprint density at radius 3 is 2.00 bits per heavy atom. The second-order valence-electron chi connectivity index (χ2n) is 4.56. The first-order valence-electron chi connectivity index (χ1n) is 5.56. The van der Waals surface area contributed by atoms with E-state index in [0.29, 0.717) is 0 Å². The molecule has 1 unspecified atom stereocenters. The molecule has 1 rings (SSSR count). The van der Waals surface area contributed by atoms with Crippen molar-refractivity contribution in [3.05, 3.63) is 0 Å². The van der Waals surface area contributed by atoms with E-state index in [4.69, 9.17) is 5.11 Å². The van der Waals surface area contributed by atoms with Crippen LogP contribution in [0.2, 0.25) is 0 Å². The summed E-state index contributed by atoms with van der Waals surface area (Å²) in [5, 5.41) is 8.81. The van der Waals surface area contributed by atoms with Gasteiger partial charge in [-0.2, -0.15) is 26.3 Å². The summed E-state index contributed by atoms with van der Waals surface area (Å²) in [5.74, 6) is -1.41. The van der Waals surface area contributed by atoms with Crippen LogP contribution in [-0.2, 0) is 4.79 Å². The lowest BCUT2D eigenvalue weighted by atomic mass is 9.85. The van der Waals surface area contributed by atoms with Crippen LogP contribution in [0.5, 0.6) is 0 Å². The van der Waals surface area contributed by atoms with Crippen molar-refractivity contribution in [1.82, 2.24) is 4.90 Å². The number of nitrogens with zero attached hydrogens (tertiary/aromatic N) is 1. The molecule has 1 atom stereocenters. The lowest BCUT2D eigenvalue weighted by Crippen LogP contribution is -2.53. The van der Waals surface area contributed by atoms with E-state index < -0.39 is 49.3 Å². The molecule has 9 heteroatoms. The smallest absolute Gasteiger partial charge is 0.404 e. The minimum atomic E-state index is -5.45. The fourth-order valence-electron chi connectivity index (χ4n) is 2.32. The van der Waals surface area contributed by atoms with E-state index in [1.165, 1.54) is 6.92 Å². The highest BCUT2D eigenvalue weighted by Gasteiger charge is 2.72. The van der Waals surface area contributed by atoms with E-state index in [0.717, 1.165) is 4.90 Å². The van der Waals surface area contributed by atoms with Crippen LogP contribution in [0.3, 0.4) is 0 Å². The van der Waals surface area contributed by atoms with Crippen LogP contribution in [0.25, 0.3) is 0 Å². The molecule has 112 valence electrons. The molecule has 0 aromatic rings. The van der Waals surface area contributed by atoms with Gasteiger partial charge >= 0.3 is 18.3 Å². The van der Waals surface area contributed by atoms with E-state index in [9.17, 15) is 31.1 Å². The van der Waals surface area contributed by atoms with Crippen LogP contribution in [0.15, 0.2) is 0 Å². The molecule has 1 saturated heterocycles. The molecule has 0 aromatic heterocycles. The van der Waals surface area contributed by atoms with Crippen molar-refractivity contribution in [2.24, 2.45) is 5.41 Å². The molecule has 0 aromatic carbocycles. The molecule has 3 nitrogen and oxygen atoms in total. The van der Waals surface area contributed by atoms with E-state index in [-0.39, 0.29) is 6.42 Å². The first-order chi connectivity index (χ1) is 8.46. The second kappa shape index (κ2) is 4.84. The highest BCUT2D eigenvalue weighted by molar-refractivity contribution is 5.73. The van der Waals surface area contributed by atoms with Gasteiger partial charge in [-0.25, -0.2) is 0 Å². The van der Waals surface area contributed by atoms with E-state index >= 15 is 0 Å². The van der Waals surface area contributed by atoms with Gasteiger partial charge in [-0.05, 0) is 12.8 Å². The topological polar surface area (TPSA) is 40.5 Å².